The van der Waals surface area contributed by atoms with Gasteiger partial charge < -0.3 is 20.1 Å². The Morgan fingerprint density at radius 1 is 1.35 bits per heavy atom. The van der Waals surface area contributed by atoms with Crippen molar-refractivity contribution in [1.29, 1.82) is 0 Å². The molecule has 0 aromatic rings. The number of piperidine rings is 1. The van der Waals surface area contributed by atoms with E-state index < -0.39 is 16.0 Å². The highest BCUT2D eigenvalue weighted by atomic mass is 32.2. The Morgan fingerprint density at radius 3 is 2.45 bits per heavy atom. The van der Waals surface area contributed by atoms with E-state index in [0.717, 1.165) is 0 Å². The normalized spacial score (nSPS) is 16.9. The van der Waals surface area contributed by atoms with Crippen LogP contribution in [-0.2, 0) is 19.6 Å². The molecular weight excluding hydrogens is 290 g/mol. The lowest BCUT2D eigenvalue weighted by atomic mass is 10.1. The zero-order valence-corrected chi connectivity index (χ0v) is 11.8. The van der Waals surface area contributed by atoms with E-state index in [2.05, 4.69) is 5.32 Å². The summed E-state index contributed by atoms with van der Waals surface area (Å²) in [6.45, 7) is 0.495. The molecule has 20 heavy (non-hydrogen) atoms. The largest absolute Gasteiger partial charge is 0.480 e. The maximum absolute atomic E-state index is 11.7. The average Bonchev–Trinajstić information content (AvgIpc) is 2.35. The van der Waals surface area contributed by atoms with Crippen molar-refractivity contribution in [2.45, 2.75) is 18.9 Å². The molecule has 9 nitrogen and oxygen atoms in total. The molecule has 0 aromatic heterocycles. The first kappa shape index (κ1) is 16.7. The van der Waals surface area contributed by atoms with Gasteiger partial charge in [0.2, 0.25) is 10.0 Å². The van der Waals surface area contributed by atoms with Gasteiger partial charge in [0.15, 0.2) is 0 Å². The van der Waals surface area contributed by atoms with Crippen LogP contribution >= 0.6 is 0 Å². The predicted molar refractivity (Wildman–Crippen MR) is 69.6 cm³/mol. The number of carboxylic acid groups (broad SMARTS) is 1. The number of rotatable bonds is 6. The van der Waals surface area contributed by atoms with Crippen LogP contribution in [0, 0.1) is 0 Å². The van der Waals surface area contributed by atoms with Gasteiger partial charge in [0.1, 0.15) is 6.61 Å². The number of urea groups is 1. The van der Waals surface area contributed by atoms with Gasteiger partial charge in [-0.1, -0.05) is 0 Å². The van der Waals surface area contributed by atoms with Gasteiger partial charge in [-0.05, 0) is 12.8 Å². The number of carbonyl (C=O) groups is 2. The van der Waals surface area contributed by atoms with Gasteiger partial charge in [-0.25, -0.2) is 23.1 Å². The number of nitrogens with two attached hydrogens (primary N) is 1. The summed E-state index contributed by atoms with van der Waals surface area (Å²) in [5.41, 5.74) is 0. The fraction of sp³-hybridized carbons (Fsp3) is 0.800. The van der Waals surface area contributed by atoms with E-state index in [4.69, 9.17) is 15.0 Å². The third kappa shape index (κ3) is 6.68. The number of nitrogens with one attached hydrogen (secondary N) is 1. The molecule has 0 aliphatic carbocycles. The Hall–Kier alpha value is -1.39. The lowest BCUT2D eigenvalue weighted by Crippen LogP contribution is -2.47. The van der Waals surface area contributed by atoms with E-state index in [1.54, 1.807) is 0 Å². The average molecular weight is 309 g/mol. The minimum absolute atomic E-state index is 0.0346. The van der Waals surface area contributed by atoms with Crippen LogP contribution < -0.4 is 10.5 Å². The summed E-state index contributed by atoms with van der Waals surface area (Å²) in [4.78, 5) is 23.6. The number of likely N-dealkylation sites (tertiary alicyclic amines) is 1. The standard InChI is InChI=1S/C10H19N3O6S/c11-20(17,18)6-3-12-10(16)13-4-1-8(2-5-13)19-7-9(14)15/h8H,1-7H2,(H,12,16)(H,14,15)(H2,11,17,18). The first-order chi connectivity index (χ1) is 9.28. The van der Waals surface area contributed by atoms with Crippen LogP contribution in [0.3, 0.4) is 0 Å². The lowest BCUT2D eigenvalue weighted by Gasteiger charge is -2.31. The topological polar surface area (TPSA) is 139 Å². The second-order valence-electron chi connectivity index (χ2n) is 4.49. The van der Waals surface area contributed by atoms with Crippen LogP contribution in [0.4, 0.5) is 4.79 Å². The molecule has 1 heterocycles. The Labute approximate surface area is 117 Å². The van der Waals surface area contributed by atoms with Crippen molar-refractivity contribution < 1.29 is 27.9 Å². The van der Waals surface area contributed by atoms with Gasteiger partial charge in [0.05, 0.1) is 11.9 Å². The highest BCUT2D eigenvalue weighted by molar-refractivity contribution is 7.89. The Balaban J connectivity index is 2.23. The molecule has 4 N–H and O–H groups in total. The quantitative estimate of drug-likeness (QED) is 0.548. The second-order valence-corrected chi connectivity index (χ2v) is 6.22. The van der Waals surface area contributed by atoms with Crippen molar-refractivity contribution in [2.75, 3.05) is 32.0 Å². The summed E-state index contributed by atoms with van der Waals surface area (Å²) in [6.07, 6.45) is 0.936. The summed E-state index contributed by atoms with van der Waals surface area (Å²) in [6, 6.07) is -0.356. The molecule has 1 rings (SSSR count). The van der Waals surface area contributed by atoms with Crippen molar-refractivity contribution in [3.05, 3.63) is 0 Å². The van der Waals surface area contributed by atoms with E-state index >= 15 is 0 Å². The van der Waals surface area contributed by atoms with E-state index in [9.17, 15) is 18.0 Å². The van der Waals surface area contributed by atoms with Gasteiger partial charge >= 0.3 is 12.0 Å². The maximum atomic E-state index is 11.7. The van der Waals surface area contributed by atoms with Gasteiger partial charge in [0.25, 0.3) is 0 Å². The molecule has 0 unspecified atom stereocenters. The van der Waals surface area contributed by atoms with Gasteiger partial charge in [-0.15, -0.1) is 0 Å². The van der Waals surface area contributed by atoms with E-state index in [0.29, 0.717) is 25.9 Å². The van der Waals surface area contributed by atoms with Crippen LogP contribution in [0.2, 0.25) is 0 Å². The fourth-order valence-corrected chi connectivity index (χ4v) is 2.21. The Bertz CT molecular complexity index is 444. The molecule has 1 aliphatic heterocycles. The summed E-state index contributed by atoms with van der Waals surface area (Å²) >= 11 is 0. The molecule has 0 bridgehead atoms. The molecule has 1 fully saturated rings. The lowest BCUT2D eigenvalue weighted by molar-refractivity contribution is -0.145. The van der Waals surface area contributed by atoms with E-state index in [1.807, 2.05) is 0 Å². The zero-order chi connectivity index (χ0) is 15.2. The minimum Gasteiger partial charge on any atom is -0.480 e. The van der Waals surface area contributed by atoms with Crippen LogP contribution in [0.5, 0.6) is 0 Å². The monoisotopic (exact) mass is 309 g/mol. The second kappa shape index (κ2) is 7.41. The molecule has 0 spiro atoms. The van der Waals surface area contributed by atoms with Gasteiger partial charge in [-0.2, -0.15) is 0 Å². The van der Waals surface area contributed by atoms with Gasteiger partial charge in [0, 0.05) is 19.6 Å². The molecule has 0 radical (unpaired) electrons. The van der Waals surface area contributed by atoms with Gasteiger partial charge in [-0.3, -0.25) is 0 Å². The molecular formula is C10H19N3O6S. The number of hydrogen-bond acceptors (Lipinski definition) is 5. The Morgan fingerprint density at radius 2 is 1.95 bits per heavy atom. The first-order valence-corrected chi connectivity index (χ1v) is 7.86. The fourth-order valence-electron chi connectivity index (χ4n) is 1.83. The molecule has 2 amide bonds. The third-order valence-electron chi connectivity index (χ3n) is 2.83. The van der Waals surface area contributed by atoms with Crippen LogP contribution in [0.1, 0.15) is 12.8 Å². The zero-order valence-electron chi connectivity index (χ0n) is 10.9. The number of primary sulfonamides is 1. The number of aliphatic carboxylic acids is 1. The molecule has 1 saturated heterocycles. The van der Waals surface area contributed by atoms with Crippen molar-refractivity contribution in [3.8, 4) is 0 Å². The minimum atomic E-state index is -3.58. The number of sulfonamides is 1. The summed E-state index contributed by atoms with van der Waals surface area (Å²) < 4.78 is 26.6. The summed E-state index contributed by atoms with van der Waals surface area (Å²) in [7, 11) is -3.58. The molecule has 0 aromatic carbocycles. The molecule has 1 aliphatic rings. The number of amides is 2. The Kier molecular flexibility index (Phi) is 6.17. The van der Waals surface area contributed by atoms with Crippen LogP contribution in [-0.4, -0.2) is 68.5 Å². The van der Waals surface area contributed by atoms with E-state index in [1.165, 1.54) is 4.90 Å². The number of hydrogen-bond donors (Lipinski definition) is 3. The number of carboxylic acids is 1. The van der Waals surface area contributed by atoms with Crippen molar-refractivity contribution in [3.63, 3.8) is 0 Å². The molecule has 10 heteroatoms. The maximum Gasteiger partial charge on any atom is 0.329 e. The highest BCUT2D eigenvalue weighted by Crippen LogP contribution is 2.13. The molecule has 0 atom stereocenters. The summed E-state index contributed by atoms with van der Waals surface area (Å²) in [5, 5.41) is 15.8. The van der Waals surface area contributed by atoms with Crippen LogP contribution in [0.15, 0.2) is 0 Å². The number of carbonyl (C=O) groups excluding carboxylic acids is 1. The van der Waals surface area contributed by atoms with Crippen LogP contribution in [0.25, 0.3) is 0 Å². The number of nitrogens with zero attached hydrogens (tertiary/aromatic N) is 1. The van der Waals surface area contributed by atoms with Crippen molar-refractivity contribution >= 4 is 22.0 Å². The summed E-state index contributed by atoms with van der Waals surface area (Å²) in [5.74, 6) is -1.33. The van der Waals surface area contributed by atoms with Crippen molar-refractivity contribution in [2.24, 2.45) is 5.14 Å². The van der Waals surface area contributed by atoms with E-state index in [-0.39, 0.29) is 31.0 Å². The number of ether oxygens (including phenoxy) is 1. The first-order valence-electron chi connectivity index (χ1n) is 6.14. The predicted octanol–water partition coefficient (Wildman–Crippen LogP) is -1.45. The molecule has 0 saturated carbocycles. The SMILES string of the molecule is NS(=O)(=O)CCNC(=O)N1CCC(OCC(=O)O)CC1. The molecule has 116 valence electrons. The smallest absolute Gasteiger partial charge is 0.329 e. The highest BCUT2D eigenvalue weighted by Gasteiger charge is 2.23. The third-order valence-corrected chi connectivity index (χ3v) is 3.61. The van der Waals surface area contributed by atoms with Crippen molar-refractivity contribution in [1.82, 2.24) is 10.2 Å².